The van der Waals surface area contributed by atoms with Crippen molar-refractivity contribution < 1.29 is 19.1 Å². The number of ether oxygens (including phenoxy) is 1. The van der Waals surface area contributed by atoms with Gasteiger partial charge in [-0.1, -0.05) is 29.8 Å². The molecule has 0 N–H and O–H groups in total. The summed E-state index contributed by atoms with van der Waals surface area (Å²) >= 11 is 0. The van der Waals surface area contributed by atoms with E-state index in [1.54, 1.807) is 48.2 Å². The maximum absolute atomic E-state index is 12.4. The fourth-order valence-electron chi connectivity index (χ4n) is 2.93. The molecule has 0 aromatic heterocycles. The number of hydrogen-bond donors (Lipinski definition) is 0. The van der Waals surface area contributed by atoms with Crippen molar-refractivity contribution in [3.8, 4) is 0 Å². The van der Waals surface area contributed by atoms with Gasteiger partial charge in [-0.2, -0.15) is 0 Å². The van der Waals surface area contributed by atoms with Crippen LogP contribution in [0.5, 0.6) is 0 Å². The van der Waals surface area contributed by atoms with Gasteiger partial charge < -0.3 is 9.64 Å². The largest absolute Gasteiger partial charge is 0.451 e. The van der Waals surface area contributed by atoms with E-state index in [0.717, 1.165) is 17.7 Å². The van der Waals surface area contributed by atoms with Crippen molar-refractivity contribution in [1.82, 2.24) is 0 Å². The molecular weight excluding hydrogens is 330 g/mol. The third kappa shape index (κ3) is 3.82. The minimum absolute atomic E-state index is 0.0950. The Kier molecular flexibility index (Phi) is 5.16. The molecule has 0 saturated carbocycles. The summed E-state index contributed by atoms with van der Waals surface area (Å²) in [4.78, 5) is 38.1. The lowest BCUT2D eigenvalue weighted by Gasteiger charge is -2.16. The number of carbonyl (C=O) groups excluding carboxylic acids is 3. The number of esters is 1. The summed E-state index contributed by atoms with van der Waals surface area (Å²) in [7, 11) is 0. The van der Waals surface area contributed by atoms with Crippen LogP contribution < -0.4 is 4.90 Å². The molecule has 0 unspecified atom stereocenters. The second-order valence-corrected chi connectivity index (χ2v) is 6.47. The second kappa shape index (κ2) is 7.52. The van der Waals surface area contributed by atoms with Gasteiger partial charge in [0.2, 0.25) is 11.7 Å². The summed E-state index contributed by atoms with van der Waals surface area (Å²) in [6.45, 7) is 4.21. The summed E-state index contributed by atoms with van der Waals surface area (Å²) in [5.74, 6) is -0.701. The highest BCUT2D eigenvalue weighted by molar-refractivity contribution is 6.01. The van der Waals surface area contributed by atoms with Crippen LogP contribution in [0.3, 0.4) is 0 Å². The van der Waals surface area contributed by atoms with Gasteiger partial charge in [0, 0.05) is 24.2 Å². The number of nitrogens with zero attached hydrogens (tertiary/aromatic N) is 1. The van der Waals surface area contributed by atoms with E-state index in [1.165, 1.54) is 0 Å². The molecule has 1 atom stereocenters. The van der Waals surface area contributed by atoms with Crippen LogP contribution in [-0.4, -0.2) is 30.3 Å². The molecule has 1 saturated heterocycles. The molecule has 1 aliphatic heterocycles. The number of amides is 1. The van der Waals surface area contributed by atoms with Gasteiger partial charge in [0.15, 0.2) is 6.10 Å². The maximum atomic E-state index is 12.4. The Balaban J connectivity index is 1.64. The highest BCUT2D eigenvalue weighted by atomic mass is 16.5. The standard InChI is InChI=1S/C21H21NO4/c1-14-5-7-16(8-6-14)20(24)15(2)26-21(25)17-9-11-18(12-10-17)22-13-3-4-19(22)23/h5-12,15H,3-4,13H2,1-2H3/t15-/m1/s1. The van der Waals surface area contributed by atoms with Gasteiger partial charge in [-0.3, -0.25) is 9.59 Å². The van der Waals surface area contributed by atoms with Crippen molar-refractivity contribution in [2.24, 2.45) is 0 Å². The zero-order chi connectivity index (χ0) is 18.7. The van der Waals surface area contributed by atoms with Crippen LogP contribution in [0.4, 0.5) is 5.69 Å². The average molecular weight is 351 g/mol. The topological polar surface area (TPSA) is 63.7 Å². The summed E-state index contributed by atoms with van der Waals surface area (Å²) in [5, 5.41) is 0. The van der Waals surface area contributed by atoms with E-state index in [-0.39, 0.29) is 11.7 Å². The van der Waals surface area contributed by atoms with E-state index in [0.29, 0.717) is 24.1 Å². The monoisotopic (exact) mass is 351 g/mol. The van der Waals surface area contributed by atoms with Crippen molar-refractivity contribution in [1.29, 1.82) is 0 Å². The zero-order valence-corrected chi connectivity index (χ0v) is 14.9. The number of carbonyl (C=O) groups is 3. The van der Waals surface area contributed by atoms with Gasteiger partial charge in [-0.15, -0.1) is 0 Å². The van der Waals surface area contributed by atoms with Crippen LogP contribution in [0.15, 0.2) is 48.5 Å². The molecular formula is C21H21NO4. The Morgan fingerprint density at radius 3 is 2.19 bits per heavy atom. The first kappa shape index (κ1) is 17.9. The van der Waals surface area contributed by atoms with Gasteiger partial charge in [0.05, 0.1) is 5.56 Å². The predicted octanol–water partition coefficient (Wildman–Crippen LogP) is 3.55. The summed E-state index contributed by atoms with van der Waals surface area (Å²) in [5.41, 5.74) is 2.69. The number of hydrogen-bond acceptors (Lipinski definition) is 4. The van der Waals surface area contributed by atoms with Crippen LogP contribution in [-0.2, 0) is 9.53 Å². The molecule has 5 nitrogen and oxygen atoms in total. The summed E-state index contributed by atoms with van der Waals surface area (Å²) in [6.07, 6.45) is 0.536. The van der Waals surface area contributed by atoms with Crippen molar-refractivity contribution in [3.05, 3.63) is 65.2 Å². The Labute approximate surface area is 152 Å². The zero-order valence-electron chi connectivity index (χ0n) is 14.9. The normalized spacial score (nSPS) is 15.0. The van der Waals surface area contributed by atoms with Crippen molar-refractivity contribution >= 4 is 23.3 Å². The molecule has 1 fully saturated rings. The van der Waals surface area contributed by atoms with Crippen LogP contribution in [0.2, 0.25) is 0 Å². The molecule has 26 heavy (non-hydrogen) atoms. The minimum atomic E-state index is -0.870. The first-order chi connectivity index (χ1) is 12.5. The molecule has 1 aliphatic rings. The molecule has 2 aromatic carbocycles. The lowest BCUT2D eigenvalue weighted by Crippen LogP contribution is -2.25. The SMILES string of the molecule is Cc1ccc(C(=O)[C@@H](C)OC(=O)c2ccc(N3CCCC3=O)cc2)cc1. The van der Waals surface area contributed by atoms with Gasteiger partial charge in [-0.25, -0.2) is 4.79 Å². The first-order valence-corrected chi connectivity index (χ1v) is 8.68. The third-order valence-corrected chi connectivity index (χ3v) is 4.48. The van der Waals surface area contributed by atoms with Crippen LogP contribution in [0.1, 0.15) is 46.0 Å². The van der Waals surface area contributed by atoms with E-state index in [1.807, 2.05) is 19.1 Å². The van der Waals surface area contributed by atoms with Gasteiger partial charge in [0.25, 0.3) is 0 Å². The number of rotatable bonds is 5. The van der Waals surface area contributed by atoms with Gasteiger partial charge >= 0.3 is 5.97 Å². The Bertz CT molecular complexity index is 824. The molecule has 3 rings (SSSR count). The number of aryl methyl sites for hydroxylation is 1. The van der Waals surface area contributed by atoms with Crippen LogP contribution in [0, 0.1) is 6.92 Å². The highest BCUT2D eigenvalue weighted by Crippen LogP contribution is 2.22. The van der Waals surface area contributed by atoms with E-state index >= 15 is 0 Å². The molecule has 1 amide bonds. The average Bonchev–Trinajstić information content (AvgIpc) is 3.07. The summed E-state index contributed by atoms with van der Waals surface area (Å²) < 4.78 is 5.30. The quantitative estimate of drug-likeness (QED) is 0.610. The van der Waals surface area contributed by atoms with E-state index in [2.05, 4.69) is 0 Å². The van der Waals surface area contributed by atoms with E-state index in [9.17, 15) is 14.4 Å². The number of ketones is 1. The number of Topliss-reactive ketones (excluding diaryl/α,β-unsaturated/α-hetero) is 1. The molecule has 0 bridgehead atoms. The first-order valence-electron chi connectivity index (χ1n) is 8.68. The molecule has 0 radical (unpaired) electrons. The molecule has 0 aliphatic carbocycles. The van der Waals surface area contributed by atoms with Crippen molar-refractivity contribution in [3.63, 3.8) is 0 Å². The van der Waals surface area contributed by atoms with Crippen LogP contribution in [0.25, 0.3) is 0 Å². The molecule has 1 heterocycles. The molecule has 0 spiro atoms. The maximum Gasteiger partial charge on any atom is 0.338 e. The highest BCUT2D eigenvalue weighted by Gasteiger charge is 2.23. The van der Waals surface area contributed by atoms with Crippen molar-refractivity contribution in [2.75, 3.05) is 11.4 Å². The third-order valence-electron chi connectivity index (χ3n) is 4.48. The summed E-state index contributed by atoms with van der Waals surface area (Å²) in [6, 6.07) is 13.8. The predicted molar refractivity (Wildman–Crippen MR) is 98.4 cm³/mol. The lowest BCUT2D eigenvalue weighted by molar-refractivity contribution is -0.117. The fourth-order valence-corrected chi connectivity index (χ4v) is 2.93. The Morgan fingerprint density at radius 1 is 1.00 bits per heavy atom. The number of benzene rings is 2. The minimum Gasteiger partial charge on any atom is -0.451 e. The molecule has 134 valence electrons. The smallest absolute Gasteiger partial charge is 0.338 e. The van der Waals surface area contributed by atoms with E-state index < -0.39 is 12.1 Å². The lowest BCUT2D eigenvalue weighted by atomic mass is 10.1. The van der Waals surface area contributed by atoms with Crippen LogP contribution >= 0.6 is 0 Å². The Hall–Kier alpha value is -2.95. The molecule has 2 aromatic rings. The van der Waals surface area contributed by atoms with Gasteiger partial charge in [-0.05, 0) is 44.5 Å². The number of anilines is 1. The van der Waals surface area contributed by atoms with Crippen molar-refractivity contribution in [2.45, 2.75) is 32.8 Å². The molecule has 5 heteroatoms. The van der Waals surface area contributed by atoms with E-state index in [4.69, 9.17) is 4.74 Å². The van der Waals surface area contributed by atoms with Gasteiger partial charge in [0.1, 0.15) is 0 Å². The Morgan fingerprint density at radius 2 is 1.62 bits per heavy atom. The second-order valence-electron chi connectivity index (χ2n) is 6.47. The fraction of sp³-hybridized carbons (Fsp3) is 0.286.